The molecule has 6 atom stereocenters. The maximum absolute atomic E-state index is 12.6. The van der Waals surface area contributed by atoms with Crippen LogP contribution in [0.1, 0.15) is 65.8 Å². The molecule has 2 aliphatic heterocycles. The minimum Gasteiger partial charge on any atom is -0.475 e. The second-order valence-electron chi connectivity index (χ2n) is 13.8. The van der Waals surface area contributed by atoms with Gasteiger partial charge < -0.3 is 51.4 Å². The largest absolute Gasteiger partial charge is 0.490 e. The number of aliphatic carboxylic acids is 1. The number of imidazole rings is 1. The van der Waals surface area contributed by atoms with E-state index in [1.165, 1.54) is 0 Å². The lowest BCUT2D eigenvalue weighted by atomic mass is 9.92. The number of carbonyl (C=O) groups is 3. The number of nitrogens with zero attached hydrogens (tertiary/aromatic N) is 5. The first-order valence-electron chi connectivity index (χ1n) is 16.4. The van der Waals surface area contributed by atoms with Crippen LogP contribution in [0.4, 0.5) is 29.7 Å². The van der Waals surface area contributed by atoms with E-state index in [2.05, 4.69) is 57.2 Å². The maximum atomic E-state index is 12.6. The molecule has 8 N–H and O–H groups in total. The van der Waals surface area contributed by atoms with Crippen molar-refractivity contribution in [1.82, 2.24) is 40.8 Å². The number of hydrogen-bond donors (Lipinski definition) is 8. The number of fused-ring (bicyclic) bond motifs is 1. The van der Waals surface area contributed by atoms with Gasteiger partial charge in [-0.2, -0.15) is 23.1 Å². The van der Waals surface area contributed by atoms with Crippen molar-refractivity contribution in [3.63, 3.8) is 0 Å². The molecule has 3 fully saturated rings. The normalized spacial score (nSPS) is 25.5. The lowest BCUT2D eigenvalue weighted by molar-refractivity contribution is -0.192. The number of carboxylic acid groups (broad SMARTS) is 1. The van der Waals surface area contributed by atoms with Crippen LogP contribution in [0.3, 0.4) is 0 Å². The van der Waals surface area contributed by atoms with E-state index in [0.29, 0.717) is 55.4 Å². The first-order valence-corrected chi connectivity index (χ1v) is 16.4. The van der Waals surface area contributed by atoms with Gasteiger partial charge >= 0.3 is 18.2 Å². The van der Waals surface area contributed by atoms with Gasteiger partial charge in [-0.25, -0.2) is 14.6 Å². The second-order valence-corrected chi connectivity index (χ2v) is 13.8. The van der Waals surface area contributed by atoms with Gasteiger partial charge in [0.2, 0.25) is 11.9 Å². The van der Waals surface area contributed by atoms with Gasteiger partial charge in [-0.1, -0.05) is 27.7 Å². The SMILES string of the molecule is CCC(=O)N[C@H]1C[C@@H](n2cnc3c(NCCC(C)(C)C)nc(N4CC[C@@H](NC(=O)N[C@@H]5CCNC5)C4)nc32)[C@H](O)[C@H]1O.O=C(O)C(F)(F)F. The van der Waals surface area contributed by atoms with Crippen LogP contribution in [0.25, 0.3) is 11.2 Å². The number of rotatable bonds is 9. The van der Waals surface area contributed by atoms with Crippen molar-refractivity contribution >= 4 is 40.8 Å². The molecule has 0 aromatic carbocycles. The van der Waals surface area contributed by atoms with Crippen molar-refractivity contribution in [3.8, 4) is 0 Å². The molecule has 2 aromatic rings. The van der Waals surface area contributed by atoms with Crippen molar-refractivity contribution in [3.05, 3.63) is 6.33 Å². The average molecular weight is 701 g/mol. The fraction of sp³-hybridized carbons (Fsp3) is 0.733. The Labute approximate surface area is 281 Å². The van der Waals surface area contributed by atoms with Gasteiger partial charge in [0.15, 0.2) is 17.0 Å². The van der Waals surface area contributed by atoms with Crippen LogP contribution >= 0.6 is 0 Å². The van der Waals surface area contributed by atoms with Crippen molar-refractivity contribution in [2.24, 2.45) is 5.41 Å². The molecule has 2 saturated heterocycles. The number of nitrogens with one attached hydrogen (secondary N) is 5. The van der Waals surface area contributed by atoms with E-state index in [1.54, 1.807) is 17.8 Å². The molecule has 4 heterocycles. The van der Waals surface area contributed by atoms with E-state index in [9.17, 15) is 33.0 Å². The number of aliphatic hydroxyl groups excluding tert-OH is 2. The Morgan fingerprint density at radius 3 is 2.35 bits per heavy atom. The molecule has 0 bridgehead atoms. The first kappa shape index (κ1) is 37.8. The van der Waals surface area contributed by atoms with E-state index in [4.69, 9.17) is 19.9 Å². The molecule has 0 radical (unpaired) electrons. The third kappa shape index (κ3) is 10.0. The minimum absolute atomic E-state index is 0.0457. The standard InChI is InChI=1S/C28H46N10O4.C2HF3O2/c1-5-20(39)34-18-12-19(23(41)22(18)40)38-15-31-21-24(30-10-8-28(2,3)4)35-26(36-25(21)38)37-11-7-17(14-37)33-27(42)32-16-6-9-29-13-16;3-2(4,5)1(6)7/h15-19,22-23,29,40-41H,5-14H2,1-4H3,(H,34,39)(H,30,35,36)(H2,32,33,42);(H,6,7)/t16-,17-,18+,19-,22+,23+;/m1./s1. The van der Waals surface area contributed by atoms with Crippen LogP contribution in [0.5, 0.6) is 0 Å². The quantitative estimate of drug-likeness (QED) is 0.185. The number of amides is 3. The number of alkyl halides is 3. The van der Waals surface area contributed by atoms with E-state index in [-0.39, 0.29) is 29.4 Å². The molecule has 3 amide bonds. The van der Waals surface area contributed by atoms with Crippen LogP contribution in [-0.4, -0.2) is 122 Å². The summed E-state index contributed by atoms with van der Waals surface area (Å²) in [6.07, 6.45) is -2.43. The lowest BCUT2D eigenvalue weighted by Gasteiger charge is -2.22. The van der Waals surface area contributed by atoms with Gasteiger partial charge in [0.05, 0.1) is 18.4 Å². The van der Waals surface area contributed by atoms with Gasteiger partial charge in [-0.05, 0) is 37.6 Å². The minimum atomic E-state index is -5.08. The molecule has 5 rings (SSSR count). The molecule has 3 aliphatic rings. The maximum Gasteiger partial charge on any atom is 0.490 e. The summed E-state index contributed by atoms with van der Waals surface area (Å²) in [5.74, 6) is -1.82. The molecule has 2 aromatic heterocycles. The van der Waals surface area contributed by atoms with Gasteiger partial charge in [0, 0.05) is 44.7 Å². The molecule has 0 unspecified atom stereocenters. The highest BCUT2D eigenvalue weighted by Crippen LogP contribution is 2.35. The summed E-state index contributed by atoms with van der Waals surface area (Å²) < 4.78 is 33.5. The lowest BCUT2D eigenvalue weighted by Crippen LogP contribution is -2.47. The molecule has 1 saturated carbocycles. The van der Waals surface area contributed by atoms with Crippen LogP contribution in [-0.2, 0) is 9.59 Å². The Balaban J connectivity index is 0.000000698. The van der Waals surface area contributed by atoms with Gasteiger partial charge in [-0.3, -0.25) is 4.79 Å². The molecule has 49 heavy (non-hydrogen) atoms. The number of aromatic nitrogens is 4. The summed E-state index contributed by atoms with van der Waals surface area (Å²) in [4.78, 5) is 49.9. The number of carboxylic acids is 1. The Kier molecular flexibility index (Phi) is 12.1. The van der Waals surface area contributed by atoms with Crippen LogP contribution in [0.2, 0.25) is 0 Å². The summed E-state index contributed by atoms with van der Waals surface area (Å²) >= 11 is 0. The highest BCUT2D eigenvalue weighted by Gasteiger charge is 2.44. The number of anilines is 2. The predicted octanol–water partition coefficient (Wildman–Crippen LogP) is 1.11. The molecular weight excluding hydrogens is 653 g/mol. The first-order chi connectivity index (χ1) is 23.0. The number of carbonyl (C=O) groups excluding carboxylic acids is 2. The smallest absolute Gasteiger partial charge is 0.475 e. The zero-order valence-electron chi connectivity index (χ0n) is 28.0. The molecule has 19 heteroatoms. The fourth-order valence-electron chi connectivity index (χ4n) is 5.95. The Morgan fingerprint density at radius 1 is 1.04 bits per heavy atom. The summed E-state index contributed by atoms with van der Waals surface area (Å²) in [5, 5.41) is 44.5. The zero-order chi connectivity index (χ0) is 36.1. The molecular formula is C30H47F3N10O6. The second kappa shape index (κ2) is 15.7. The monoisotopic (exact) mass is 700 g/mol. The summed E-state index contributed by atoms with van der Waals surface area (Å²) in [6, 6.07) is -1.16. The molecule has 1 aliphatic carbocycles. The van der Waals surface area contributed by atoms with Gasteiger partial charge in [0.1, 0.15) is 12.2 Å². The van der Waals surface area contributed by atoms with Crippen molar-refractivity contribution < 1.29 is 42.9 Å². The number of aliphatic hydroxyl groups is 2. The van der Waals surface area contributed by atoms with E-state index < -0.39 is 36.4 Å². The van der Waals surface area contributed by atoms with Crippen molar-refractivity contribution in [1.29, 1.82) is 0 Å². The van der Waals surface area contributed by atoms with E-state index >= 15 is 0 Å². The van der Waals surface area contributed by atoms with Gasteiger partial charge in [0.25, 0.3) is 0 Å². The Hall–Kier alpha value is -3.97. The number of urea groups is 1. The zero-order valence-corrected chi connectivity index (χ0v) is 28.0. The third-order valence-corrected chi connectivity index (χ3v) is 8.70. The average Bonchev–Trinajstić information content (AvgIpc) is 3.82. The van der Waals surface area contributed by atoms with E-state index in [0.717, 1.165) is 32.4 Å². The highest BCUT2D eigenvalue weighted by atomic mass is 19.4. The molecule has 16 nitrogen and oxygen atoms in total. The van der Waals surface area contributed by atoms with Crippen molar-refractivity contribution in [2.75, 3.05) is 42.9 Å². The van der Waals surface area contributed by atoms with Crippen LogP contribution in [0.15, 0.2) is 6.33 Å². The van der Waals surface area contributed by atoms with E-state index in [1.807, 2.05) is 0 Å². The number of halogens is 3. The van der Waals surface area contributed by atoms with Crippen LogP contribution < -0.4 is 31.5 Å². The topological polar surface area (TPSA) is 219 Å². The summed E-state index contributed by atoms with van der Waals surface area (Å²) in [7, 11) is 0. The summed E-state index contributed by atoms with van der Waals surface area (Å²) in [6.45, 7) is 11.9. The fourth-order valence-corrected chi connectivity index (χ4v) is 5.95. The van der Waals surface area contributed by atoms with Crippen molar-refractivity contribution in [2.45, 2.75) is 102 Å². The molecule has 0 spiro atoms. The van der Waals surface area contributed by atoms with Crippen LogP contribution in [0, 0.1) is 5.41 Å². The predicted molar refractivity (Wildman–Crippen MR) is 173 cm³/mol. The molecule has 274 valence electrons. The van der Waals surface area contributed by atoms with Gasteiger partial charge in [-0.15, -0.1) is 0 Å². The highest BCUT2D eigenvalue weighted by molar-refractivity contribution is 5.84. The third-order valence-electron chi connectivity index (χ3n) is 8.70. The Bertz CT molecular complexity index is 1460. The Morgan fingerprint density at radius 2 is 1.73 bits per heavy atom. The summed E-state index contributed by atoms with van der Waals surface area (Å²) in [5.41, 5.74) is 1.25. The number of hydrogen-bond acceptors (Lipinski definition) is 11.